The van der Waals surface area contributed by atoms with E-state index in [-0.39, 0.29) is 23.1 Å². The van der Waals surface area contributed by atoms with Gasteiger partial charge >= 0.3 is 0 Å². The van der Waals surface area contributed by atoms with Crippen molar-refractivity contribution < 1.29 is 15.0 Å². The summed E-state index contributed by atoms with van der Waals surface area (Å²) in [5.74, 6) is 0.127. The fraction of sp³-hybridized carbons (Fsp3) is 0.419. The number of nitrogens with one attached hydrogen (secondary N) is 1. The number of benzene rings is 3. The number of fused-ring (bicyclic) bond motifs is 1. The molecule has 50 heavy (non-hydrogen) atoms. The van der Waals surface area contributed by atoms with Crippen molar-refractivity contribution in [3.05, 3.63) is 108 Å². The lowest BCUT2D eigenvalue weighted by atomic mass is 10.0. The fourth-order valence-corrected chi connectivity index (χ4v) is 6.59. The summed E-state index contributed by atoms with van der Waals surface area (Å²) in [5.41, 5.74) is 7.16. The van der Waals surface area contributed by atoms with Gasteiger partial charge in [-0.25, -0.2) is 0 Å². The molecule has 0 aliphatic rings. The largest absolute Gasteiger partial charge is 0.506 e. The first-order valence-corrected chi connectivity index (χ1v) is 18.4. The lowest BCUT2D eigenvalue weighted by molar-refractivity contribution is 0.102. The van der Waals surface area contributed by atoms with Crippen LogP contribution in [0.15, 0.2) is 79.7 Å². The van der Waals surface area contributed by atoms with Crippen molar-refractivity contribution in [2.45, 2.75) is 93.0 Å². The summed E-state index contributed by atoms with van der Waals surface area (Å²) in [6.45, 7) is 21.7. The van der Waals surface area contributed by atoms with Crippen molar-refractivity contribution in [1.82, 2.24) is 9.47 Å². The number of hydrogen-bond donors (Lipinski definition) is 3. The first kappa shape index (κ1) is 38.3. The second-order valence-corrected chi connectivity index (χ2v) is 13.7. The minimum atomic E-state index is -0.321. The third-order valence-corrected chi connectivity index (χ3v) is 9.84. The highest BCUT2D eigenvalue weighted by Crippen LogP contribution is 2.40. The van der Waals surface area contributed by atoms with Gasteiger partial charge < -0.3 is 29.9 Å². The molecule has 0 saturated heterocycles. The van der Waals surface area contributed by atoms with E-state index >= 15 is 0 Å². The average molecular weight is 679 g/mol. The maximum atomic E-state index is 13.3. The summed E-state index contributed by atoms with van der Waals surface area (Å²) in [6, 6.07) is 17.2. The van der Waals surface area contributed by atoms with Crippen LogP contribution in [0.5, 0.6) is 11.5 Å². The Morgan fingerprint density at radius 3 is 2.38 bits per heavy atom. The standard InChI is InChI=1S/C43H58N4O3/c1-8-12-13-23-46(11-4)42-40(48)29-37(30-41(42)49)44-43(50)36-17-14-16-34(27-36)26-35-18-19-39-38(28-35)32(6)33(7)47(39)24-15-22-45(21-9-2)25-20-31(5)10-3/h11,13-14,16-19,23,27-31,48-49H,4,8-10,12,15,20-22,24-26H2,1-3,5-7H3,(H,44,50)/b23-13-. The smallest absolute Gasteiger partial charge is 0.255 e. The molecule has 1 amide bonds. The van der Waals surface area contributed by atoms with E-state index < -0.39 is 0 Å². The number of aromatic nitrogens is 1. The number of aromatic hydroxyl groups is 2. The molecule has 1 unspecified atom stereocenters. The number of amides is 1. The van der Waals surface area contributed by atoms with Crippen LogP contribution < -0.4 is 10.2 Å². The number of hydrogen-bond acceptors (Lipinski definition) is 5. The number of unbranched alkanes of at least 4 members (excludes halogenated alkanes) is 1. The maximum Gasteiger partial charge on any atom is 0.255 e. The molecule has 0 radical (unpaired) electrons. The number of anilines is 2. The monoisotopic (exact) mass is 678 g/mol. The highest BCUT2D eigenvalue weighted by atomic mass is 16.3. The molecule has 0 fully saturated rings. The van der Waals surface area contributed by atoms with Gasteiger partial charge in [-0.15, -0.1) is 0 Å². The molecule has 1 aromatic heterocycles. The summed E-state index contributed by atoms with van der Waals surface area (Å²) >= 11 is 0. The molecule has 0 aliphatic carbocycles. The van der Waals surface area contributed by atoms with Crippen molar-refractivity contribution in [1.29, 1.82) is 0 Å². The van der Waals surface area contributed by atoms with Crippen LogP contribution in [0.3, 0.4) is 0 Å². The van der Waals surface area contributed by atoms with Crippen LogP contribution in [0.25, 0.3) is 10.9 Å². The van der Waals surface area contributed by atoms with Gasteiger partial charge in [-0.1, -0.05) is 71.4 Å². The third kappa shape index (κ3) is 9.81. The van der Waals surface area contributed by atoms with Crippen molar-refractivity contribution in [2.75, 3.05) is 29.9 Å². The number of carbonyl (C=O) groups is 1. The quantitative estimate of drug-likeness (QED) is 0.0920. The van der Waals surface area contributed by atoms with Crippen LogP contribution in [-0.2, 0) is 13.0 Å². The number of carbonyl (C=O) groups excluding carboxylic acids is 1. The van der Waals surface area contributed by atoms with Gasteiger partial charge in [-0.05, 0) is 112 Å². The maximum absolute atomic E-state index is 13.3. The van der Waals surface area contributed by atoms with Crippen LogP contribution in [0.4, 0.5) is 11.4 Å². The molecular weight excluding hydrogens is 620 g/mol. The Morgan fingerprint density at radius 2 is 1.70 bits per heavy atom. The van der Waals surface area contributed by atoms with Gasteiger partial charge in [0.1, 0.15) is 17.2 Å². The average Bonchev–Trinajstić information content (AvgIpc) is 3.33. The molecule has 0 saturated carbocycles. The van der Waals surface area contributed by atoms with Crippen LogP contribution in [0.2, 0.25) is 0 Å². The summed E-state index contributed by atoms with van der Waals surface area (Å²) in [5, 5.41) is 25.6. The molecular formula is C43H58N4O3. The highest BCUT2D eigenvalue weighted by molar-refractivity contribution is 6.05. The molecule has 7 heteroatoms. The lowest BCUT2D eigenvalue weighted by Gasteiger charge is -2.23. The minimum Gasteiger partial charge on any atom is -0.506 e. The first-order valence-electron chi connectivity index (χ1n) is 18.4. The zero-order valence-electron chi connectivity index (χ0n) is 31.1. The van der Waals surface area contributed by atoms with Gasteiger partial charge in [0.05, 0.1) is 0 Å². The van der Waals surface area contributed by atoms with Crippen LogP contribution >= 0.6 is 0 Å². The summed E-state index contributed by atoms with van der Waals surface area (Å²) in [6.07, 6.45) is 12.6. The normalized spacial score (nSPS) is 12.2. The Morgan fingerprint density at radius 1 is 0.960 bits per heavy atom. The molecule has 268 valence electrons. The van der Waals surface area contributed by atoms with Crippen LogP contribution in [-0.4, -0.2) is 45.2 Å². The fourth-order valence-electron chi connectivity index (χ4n) is 6.59. The van der Waals surface area contributed by atoms with E-state index in [0.717, 1.165) is 43.8 Å². The molecule has 3 N–H and O–H groups in total. The van der Waals surface area contributed by atoms with E-state index in [1.165, 1.54) is 78.4 Å². The number of aryl methyl sites for hydroxylation is 2. The minimum absolute atomic E-state index is 0.166. The van der Waals surface area contributed by atoms with Crippen LogP contribution in [0.1, 0.15) is 99.0 Å². The van der Waals surface area contributed by atoms with Crippen LogP contribution in [0, 0.1) is 19.8 Å². The van der Waals surface area contributed by atoms with Crippen molar-refractivity contribution in [3.63, 3.8) is 0 Å². The van der Waals surface area contributed by atoms with E-state index in [4.69, 9.17) is 0 Å². The Labute approximate surface area is 299 Å². The zero-order valence-corrected chi connectivity index (χ0v) is 31.1. The molecule has 0 spiro atoms. The predicted octanol–water partition coefficient (Wildman–Crippen LogP) is 10.3. The molecule has 1 atom stereocenters. The number of phenolic OH excluding ortho intramolecular Hbond substituents is 2. The van der Waals surface area contributed by atoms with Gasteiger partial charge in [0.25, 0.3) is 5.91 Å². The first-order chi connectivity index (χ1) is 24.1. The van der Waals surface area contributed by atoms with E-state index in [0.29, 0.717) is 17.7 Å². The third-order valence-electron chi connectivity index (χ3n) is 9.84. The molecule has 4 aromatic rings. The Bertz CT molecular complexity index is 1750. The second-order valence-electron chi connectivity index (χ2n) is 13.7. The lowest BCUT2D eigenvalue weighted by Crippen LogP contribution is -2.28. The summed E-state index contributed by atoms with van der Waals surface area (Å²) in [4.78, 5) is 17.5. The number of phenols is 2. The molecule has 7 nitrogen and oxygen atoms in total. The van der Waals surface area contributed by atoms with Crippen molar-refractivity contribution in [3.8, 4) is 11.5 Å². The summed E-state index contributed by atoms with van der Waals surface area (Å²) in [7, 11) is 0. The second kappa shape index (κ2) is 18.5. The molecule has 0 aliphatic heterocycles. The topological polar surface area (TPSA) is 81.0 Å². The predicted molar refractivity (Wildman–Crippen MR) is 211 cm³/mol. The van der Waals surface area contributed by atoms with Crippen molar-refractivity contribution in [2.24, 2.45) is 5.92 Å². The Kier molecular flexibility index (Phi) is 14.2. The highest BCUT2D eigenvalue weighted by Gasteiger charge is 2.17. The number of rotatable bonds is 19. The SMILES string of the molecule is C=CN(/C=C\CCC)c1c(O)cc(NC(=O)c2cccc(Cc3ccc4c(c3)c(C)c(C)n4CCCN(CCC)CCC(C)CC)c2)cc1O. The van der Waals surface area contributed by atoms with Gasteiger partial charge in [0.2, 0.25) is 0 Å². The molecule has 1 heterocycles. The molecule has 4 rings (SSSR count). The van der Waals surface area contributed by atoms with Gasteiger partial charge in [-0.3, -0.25) is 4.79 Å². The van der Waals surface area contributed by atoms with E-state index in [1.807, 2.05) is 24.3 Å². The van der Waals surface area contributed by atoms with Crippen molar-refractivity contribution >= 4 is 28.2 Å². The Hall–Kier alpha value is -4.49. The molecule has 3 aromatic carbocycles. The van der Waals surface area contributed by atoms with E-state index in [2.05, 4.69) is 81.1 Å². The summed E-state index contributed by atoms with van der Waals surface area (Å²) < 4.78 is 2.48. The van der Waals surface area contributed by atoms with Gasteiger partial charge in [-0.2, -0.15) is 0 Å². The number of nitrogens with zero attached hydrogens (tertiary/aromatic N) is 3. The zero-order chi connectivity index (χ0) is 36.2. The van der Waals surface area contributed by atoms with Gasteiger partial charge in [0, 0.05) is 58.9 Å². The van der Waals surface area contributed by atoms with E-state index in [1.54, 1.807) is 17.2 Å². The van der Waals surface area contributed by atoms with E-state index in [9.17, 15) is 15.0 Å². The Balaban J connectivity index is 1.44. The number of allylic oxidation sites excluding steroid dienone is 1. The van der Waals surface area contributed by atoms with Gasteiger partial charge in [0.15, 0.2) is 0 Å². The molecule has 0 bridgehead atoms.